The molecule has 0 saturated heterocycles. The molecule has 94 valence electrons. The molecule has 0 aliphatic carbocycles. The third kappa shape index (κ3) is 3.58. The van der Waals surface area contributed by atoms with Crippen LogP contribution in [0.2, 0.25) is 10.2 Å². The van der Waals surface area contributed by atoms with Gasteiger partial charge in [-0.3, -0.25) is 4.79 Å². The highest BCUT2D eigenvalue weighted by Crippen LogP contribution is 2.31. The fourth-order valence-corrected chi connectivity index (χ4v) is 1.93. The molecule has 0 bridgehead atoms. The summed E-state index contributed by atoms with van der Waals surface area (Å²) in [5.74, 6) is -0.0569. The Kier molecular flexibility index (Phi) is 5.22. The van der Waals surface area contributed by atoms with Gasteiger partial charge in [0, 0.05) is 6.42 Å². The molecular formula is C12H16Cl2N2O. The van der Waals surface area contributed by atoms with Gasteiger partial charge in [0.05, 0.1) is 16.4 Å². The highest BCUT2D eigenvalue weighted by Gasteiger charge is 2.14. The van der Waals surface area contributed by atoms with Gasteiger partial charge in [-0.05, 0) is 25.8 Å². The highest BCUT2D eigenvalue weighted by molar-refractivity contribution is 6.35. The molecule has 17 heavy (non-hydrogen) atoms. The summed E-state index contributed by atoms with van der Waals surface area (Å²) in [6.07, 6.45) is 2.32. The summed E-state index contributed by atoms with van der Waals surface area (Å²) in [6, 6.07) is 0. The molecule has 1 N–H and O–H groups in total. The molecule has 3 nitrogen and oxygen atoms in total. The summed E-state index contributed by atoms with van der Waals surface area (Å²) in [7, 11) is 0. The van der Waals surface area contributed by atoms with Crippen LogP contribution in [0.3, 0.4) is 0 Å². The fraction of sp³-hybridized carbons (Fsp3) is 0.500. The van der Waals surface area contributed by atoms with E-state index in [9.17, 15) is 4.79 Å². The van der Waals surface area contributed by atoms with Crippen LogP contribution < -0.4 is 5.32 Å². The first-order chi connectivity index (χ1) is 7.97. The Morgan fingerprint density at radius 2 is 2.00 bits per heavy atom. The summed E-state index contributed by atoms with van der Waals surface area (Å²) < 4.78 is 0. The summed E-state index contributed by atoms with van der Waals surface area (Å²) in [6.45, 7) is 5.64. The fourth-order valence-electron chi connectivity index (χ4n) is 1.47. The van der Waals surface area contributed by atoms with E-state index in [2.05, 4.69) is 10.3 Å². The summed E-state index contributed by atoms with van der Waals surface area (Å²) in [4.78, 5) is 15.7. The topological polar surface area (TPSA) is 42.0 Å². The lowest BCUT2D eigenvalue weighted by Gasteiger charge is -2.12. The van der Waals surface area contributed by atoms with Gasteiger partial charge in [0.25, 0.3) is 0 Å². The van der Waals surface area contributed by atoms with Crippen LogP contribution in [-0.4, -0.2) is 10.9 Å². The number of anilines is 1. The second-order valence-electron chi connectivity index (χ2n) is 3.95. The Balaban J connectivity index is 2.91. The molecule has 0 spiro atoms. The standard InChI is InChI=1S/C12H16Cl2N2O/c1-4-5-6-9(17)16-11-7(2)10(13)8(3)15-12(11)14/h4-6H2,1-3H3,(H,16,17). The molecule has 0 atom stereocenters. The number of nitrogens with zero attached hydrogens (tertiary/aromatic N) is 1. The van der Waals surface area contributed by atoms with E-state index in [4.69, 9.17) is 23.2 Å². The van der Waals surface area contributed by atoms with Crippen molar-refractivity contribution in [3.63, 3.8) is 0 Å². The number of amides is 1. The molecule has 0 aliphatic heterocycles. The zero-order valence-corrected chi connectivity index (χ0v) is 11.7. The number of pyridine rings is 1. The molecule has 0 fully saturated rings. The SMILES string of the molecule is CCCCC(=O)Nc1c(Cl)nc(C)c(Cl)c1C. The number of nitrogens with one attached hydrogen (secondary N) is 1. The maximum Gasteiger partial charge on any atom is 0.224 e. The van der Waals surface area contributed by atoms with E-state index in [0.29, 0.717) is 22.8 Å². The minimum Gasteiger partial charge on any atom is -0.323 e. The maximum absolute atomic E-state index is 11.6. The first-order valence-corrected chi connectivity index (χ1v) is 6.35. The molecule has 1 amide bonds. The van der Waals surface area contributed by atoms with Crippen LogP contribution in [0.25, 0.3) is 0 Å². The van der Waals surface area contributed by atoms with Gasteiger partial charge in [0.1, 0.15) is 0 Å². The van der Waals surface area contributed by atoms with E-state index < -0.39 is 0 Å². The van der Waals surface area contributed by atoms with Crippen molar-refractivity contribution in [3.8, 4) is 0 Å². The molecule has 1 aromatic heterocycles. The first kappa shape index (κ1) is 14.3. The van der Waals surface area contributed by atoms with E-state index in [1.54, 1.807) is 6.92 Å². The lowest BCUT2D eigenvalue weighted by atomic mass is 10.2. The van der Waals surface area contributed by atoms with E-state index in [1.165, 1.54) is 0 Å². The molecule has 0 radical (unpaired) electrons. The number of aromatic nitrogens is 1. The van der Waals surface area contributed by atoms with E-state index >= 15 is 0 Å². The zero-order chi connectivity index (χ0) is 13.0. The van der Waals surface area contributed by atoms with E-state index in [1.807, 2.05) is 13.8 Å². The van der Waals surface area contributed by atoms with Crippen molar-refractivity contribution >= 4 is 34.8 Å². The minimum absolute atomic E-state index is 0.0569. The van der Waals surface area contributed by atoms with E-state index in [0.717, 1.165) is 18.4 Å². The first-order valence-electron chi connectivity index (χ1n) is 5.59. The summed E-state index contributed by atoms with van der Waals surface area (Å²) in [5.41, 5.74) is 1.94. The Morgan fingerprint density at radius 3 is 2.59 bits per heavy atom. The number of halogens is 2. The smallest absolute Gasteiger partial charge is 0.224 e. The van der Waals surface area contributed by atoms with Crippen LogP contribution in [0.4, 0.5) is 5.69 Å². The second-order valence-corrected chi connectivity index (χ2v) is 4.69. The number of carbonyl (C=O) groups is 1. The normalized spacial score (nSPS) is 10.4. The monoisotopic (exact) mass is 274 g/mol. The number of rotatable bonds is 4. The van der Waals surface area contributed by atoms with Crippen molar-refractivity contribution in [2.75, 3.05) is 5.32 Å². The molecule has 1 aromatic rings. The molecule has 1 heterocycles. The lowest BCUT2D eigenvalue weighted by Crippen LogP contribution is -2.13. The number of hydrogen-bond acceptors (Lipinski definition) is 2. The average molecular weight is 275 g/mol. The number of carbonyl (C=O) groups excluding carboxylic acids is 1. The van der Waals surface area contributed by atoms with Gasteiger partial charge >= 0.3 is 0 Å². The molecule has 0 aliphatic rings. The zero-order valence-electron chi connectivity index (χ0n) is 10.2. The van der Waals surface area contributed by atoms with Gasteiger partial charge in [-0.15, -0.1) is 0 Å². The molecule has 1 rings (SSSR count). The number of unbranched alkanes of at least 4 members (excludes halogenated alkanes) is 1. The second kappa shape index (κ2) is 6.22. The largest absolute Gasteiger partial charge is 0.323 e. The Hall–Kier alpha value is -0.800. The summed E-state index contributed by atoms with van der Waals surface area (Å²) >= 11 is 12.1. The van der Waals surface area contributed by atoms with Crippen LogP contribution in [0.1, 0.15) is 37.4 Å². The highest BCUT2D eigenvalue weighted by atomic mass is 35.5. The van der Waals surface area contributed by atoms with Gasteiger partial charge < -0.3 is 5.32 Å². The quantitative estimate of drug-likeness (QED) is 0.839. The van der Waals surface area contributed by atoms with Crippen LogP contribution in [-0.2, 0) is 4.79 Å². The van der Waals surface area contributed by atoms with Crippen LogP contribution >= 0.6 is 23.2 Å². The Labute approximate surface area is 112 Å². The van der Waals surface area contributed by atoms with Crippen molar-refractivity contribution in [3.05, 3.63) is 21.4 Å². The van der Waals surface area contributed by atoms with Crippen molar-refractivity contribution in [2.45, 2.75) is 40.0 Å². The predicted octanol–water partition coefficient (Wildman–Crippen LogP) is 4.13. The molecule has 0 saturated carbocycles. The number of aryl methyl sites for hydroxylation is 1. The van der Waals surface area contributed by atoms with Gasteiger partial charge in [-0.2, -0.15) is 0 Å². The van der Waals surface area contributed by atoms with Gasteiger partial charge in [-0.25, -0.2) is 4.98 Å². The minimum atomic E-state index is -0.0569. The van der Waals surface area contributed by atoms with Crippen molar-refractivity contribution in [1.29, 1.82) is 0 Å². The van der Waals surface area contributed by atoms with Crippen molar-refractivity contribution < 1.29 is 4.79 Å². The third-order valence-corrected chi connectivity index (χ3v) is 3.35. The van der Waals surface area contributed by atoms with Gasteiger partial charge in [0.2, 0.25) is 5.91 Å². The van der Waals surface area contributed by atoms with Crippen LogP contribution in [0, 0.1) is 13.8 Å². The molecule has 5 heteroatoms. The van der Waals surface area contributed by atoms with Crippen LogP contribution in [0.15, 0.2) is 0 Å². The summed E-state index contributed by atoms with van der Waals surface area (Å²) in [5, 5.41) is 3.59. The van der Waals surface area contributed by atoms with Gasteiger partial charge in [0.15, 0.2) is 5.15 Å². The molecule has 0 aromatic carbocycles. The molecular weight excluding hydrogens is 259 g/mol. The number of hydrogen-bond donors (Lipinski definition) is 1. The molecule has 0 unspecified atom stereocenters. The van der Waals surface area contributed by atoms with Crippen LogP contribution in [0.5, 0.6) is 0 Å². The lowest BCUT2D eigenvalue weighted by molar-refractivity contribution is -0.116. The van der Waals surface area contributed by atoms with Gasteiger partial charge in [-0.1, -0.05) is 36.5 Å². The van der Waals surface area contributed by atoms with Crippen molar-refractivity contribution in [2.24, 2.45) is 0 Å². The van der Waals surface area contributed by atoms with Crippen molar-refractivity contribution in [1.82, 2.24) is 4.98 Å². The average Bonchev–Trinajstić information content (AvgIpc) is 2.29. The van der Waals surface area contributed by atoms with E-state index in [-0.39, 0.29) is 11.1 Å². The maximum atomic E-state index is 11.6. The Morgan fingerprint density at radius 1 is 1.35 bits per heavy atom. The predicted molar refractivity (Wildman–Crippen MR) is 71.9 cm³/mol. The third-order valence-electron chi connectivity index (χ3n) is 2.52. The Bertz CT molecular complexity index is 433.